The third kappa shape index (κ3) is 2.69. The van der Waals surface area contributed by atoms with Crippen molar-refractivity contribution < 1.29 is 4.79 Å². The second kappa shape index (κ2) is 3.87. The Morgan fingerprint density at radius 1 is 1.43 bits per heavy atom. The van der Waals surface area contributed by atoms with Crippen molar-refractivity contribution in [3.8, 4) is 0 Å². The van der Waals surface area contributed by atoms with Gasteiger partial charge < -0.3 is 11.1 Å². The highest BCUT2D eigenvalue weighted by Crippen LogP contribution is 2.19. The number of amides is 1. The van der Waals surface area contributed by atoms with Crippen LogP contribution in [0.2, 0.25) is 0 Å². The molecular formula is C10H21N3O. The molecule has 82 valence electrons. The number of hydrogen-bond donors (Lipinski definition) is 2. The zero-order valence-corrected chi connectivity index (χ0v) is 9.50. The summed E-state index contributed by atoms with van der Waals surface area (Å²) in [7, 11) is 0. The molecular weight excluding hydrogens is 178 g/mol. The van der Waals surface area contributed by atoms with Gasteiger partial charge in [-0.2, -0.15) is 0 Å². The molecule has 0 aromatic rings. The van der Waals surface area contributed by atoms with Crippen molar-refractivity contribution in [3.63, 3.8) is 0 Å². The molecule has 1 atom stereocenters. The van der Waals surface area contributed by atoms with Gasteiger partial charge in [0.05, 0.1) is 6.04 Å². The van der Waals surface area contributed by atoms with Crippen LogP contribution in [-0.2, 0) is 4.79 Å². The minimum absolute atomic E-state index is 0.0611. The Balaban J connectivity index is 2.36. The molecule has 4 nitrogen and oxygen atoms in total. The van der Waals surface area contributed by atoms with Gasteiger partial charge in [0, 0.05) is 24.7 Å². The number of hydrogen-bond acceptors (Lipinski definition) is 3. The Bertz CT molecular complexity index is 217. The highest BCUT2D eigenvalue weighted by molar-refractivity contribution is 5.81. The molecule has 4 heteroatoms. The fraction of sp³-hybridized carbons (Fsp3) is 0.900. The molecule has 1 rings (SSSR count). The van der Waals surface area contributed by atoms with Crippen LogP contribution in [0.15, 0.2) is 0 Å². The number of carbonyl (C=O) groups is 1. The maximum absolute atomic E-state index is 11.6. The van der Waals surface area contributed by atoms with E-state index in [1.807, 2.05) is 27.7 Å². The Morgan fingerprint density at radius 2 is 1.93 bits per heavy atom. The molecule has 0 bridgehead atoms. The number of carbonyl (C=O) groups excluding carboxylic acids is 1. The summed E-state index contributed by atoms with van der Waals surface area (Å²) in [5.41, 5.74) is 5.77. The first-order valence-corrected chi connectivity index (χ1v) is 5.15. The van der Waals surface area contributed by atoms with Gasteiger partial charge in [0.25, 0.3) is 0 Å². The minimum Gasteiger partial charge on any atom is -0.353 e. The highest BCUT2D eigenvalue weighted by Gasteiger charge is 2.39. The lowest BCUT2D eigenvalue weighted by Gasteiger charge is -2.48. The van der Waals surface area contributed by atoms with Crippen LogP contribution in [0.4, 0.5) is 0 Å². The second-order valence-electron chi connectivity index (χ2n) is 4.90. The molecule has 3 N–H and O–H groups in total. The van der Waals surface area contributed by atoms with E-state index in [-0.39, 0.29) is 23.5 Å². The molecule has 0 aromatic heterocycles. The summed E-state index contributed by atoms with van der Waals surface area (Å²) in [4.78, 5) is 13.7. The van der Waals surface area contributed by atoms with Gasteiger partial charge in [0.2, 0.25) is 5.91 Å². The average Bonchev–Trinajstić information content (AvgIpc) is 1.97. The number of nitrogens with one attached hydrogen (secondary N) is 1. The number of likely N-dealkylation sites (tertiary alicyclic amines) is 1. The van der Waals surface area contributed by atoms with Gasteiger partial charge in [0.1, 0.15) is 0 Å². The van der Waals surface area contributed by atoms with E-state index in [2.05, 4.69) is 10.2 Å². The fourth-order valence-electron chi connectivity index (χ4n) is 1.73. The molecule has 0 saturated carbocycles. The summed E-state index contributed by atoms with van der Waals surface area (Å²) < 4.78 is 0. The Kier molecular flexibility index (Phi) is 3.17. The Labute approximate surface area is 85.8 Å². The minimum atomic E-state index is -0.105. The Hall–Kier alpha value is -0.610. The van der Waals surface area contributed by atoms with Crippen LogP contribution in [-0.4, -0.2) is 41.5 Å². The summed E-state index contributed by atoms with van der Waals surface area (Å²) >= 11 is 0. The molecule has 1 heterocycles. The van der Waals surface area contributed by atoms with Gasteiger partial charge in [-0.05, 0) is 27.7 Å². The second-order valence-corrected chi connectivity index (χ2v) is 4.90. The van der Waals surface area contributed by atoms with Crippen LogP contribution in [0.5, 0.6) is 0 Å². The molecule has 1 saturated heterocycles. The summed E-state index contributed by atoms with van der Waals surface area (Å²) in [5.74, 6) is 0.0931. The van der Waals surface area contributed by atoms with Crippen LogP contribution in [0.3, 0.4) is 0 Å². The molecule has 1 aliphatic heterocycles. The van der Waals surface area contributed by atoms with Crippen molar-refractivity contribution in [1.82, 2.24) is 10.2 Å². The summed E-state index contributed by atoms with van der Waals surface area (Å²) in [6, 6.07) is 0.143. The zero-order valence-electron chi connectivity index (χ0n) is 9.50. The summed E-state index contributed by atoms with van der Waals surface area (Å²) in [6.07, 6.45) is 0. The van der Waals surface area contributed by atoms with E-state index in [1.54, 1.807) is 0 Å². The zero-order chi connectivity index (χ0) is 10.9. The van der Waals surface area contributed by atoms with Gasteiger partial charge in [-0.3, -0.25) is 9.69 Å². The quantitative estimate of drug-likeness (QED) is 0.669. The number of nitrogens with two attached hydrogens (primary N) is 1. The lowest BCUT2D eigenvalue weighted by Crippen LogP contribution is -2.69. The van der Waals surface area contributed by atoms with Crippen LogP contribution in [0, 0.1) is 0 Å². The SMILES string of the molecule is CC(C)NC(=O)C(C)N1CC(C)(N)C1. The largest absolute Gasteiger partial charge is 0.353 e. The predicted molar refractivity (Wildman–Crippen MR) is 56.9 cm³/mol. The third-order valence-electron chi connectivity index (χ3n) is 2.49. The number of nitrogens with zero attached hydrogens (tertiary/aromatic N) is 1. The molecule has 0 spiro atoms. The topological polar surface area (TPSA) is 58.4 Å². The molecule has 0 aliphatic carbocycles. The van der Waals surface area contributed by atoms with Crippen molar-refractivity contribution in [2.75, 3.05) is 13.1 Å². The van der Waals surface area contributed by atoms with Gasteiger partial charge in [-0.15, -0.1) is 0 Å². The van der Waals surface area contributed by atoms with Crippen molar-refractivity contribution in [2.24, 2.45) is 5.73 Å². The van der Waals surface area contributed by atoms with E-state index in [0.29, 0.717) is 0 Å². The first kappa shape index (κ1) is 11.5. The molecule has 1 fully saturated rings. The van der Waals surface area contributed by atoms with Crippen molar-refractivity contribution in [2.45, 2.75) is 45.3 Å². The molecule has 0 radical (unpaired) electrons. The molecule has 14 heavy (non-hydrogen) atoms. The van der Waals surface area contributed by atoms with E-state index in [1.165, 1.54) is 0 Å². The fourth-order valence-corrected chi connectivity index (χ4v) is 1.73. The first-order valence-electron chi connectivity index (χ1n) is 5.15. The smallest absolute Gasteiger partial charge is 0.237 e. The molecule has 1 unspecified atom stereocenters. The molecule has 1 aliphatic rings. The van der Waals surface area contributed by atoms with Crippen LogP contribution in [0.25, 0.3) is 0 Å². The molecule has 1 amide bonds. The first-order chi connectivity index (χ1) is 6.32. The van der Waals surface area contributed by atoms with Gasteiger partial charge in [-0.25, -0.2) is 0 Å². The van der Waals surface area contributed by atoms with Crippen LogP contribution < -0.4 is 11.1 Å². The lowest BCUT2D eigenvalue weighted by atomic mass is 9.92. The lowest BCUT2D eigenvalue weighted by molar-refractivity contribution is -0.129. The maximum Gasteiger partial charge on any atom is 0.237 e. The standard InChI is InChI=1S/C10H21N3O/c1-7(2)12-9(14)8(3)13-5-10(4,11)6-13/h7-8H,5-6,11H2,1-4H3,(H,12,14). The van der Waals surface area contributed by atoms with Crippen molar-refractivity contribution in [3.05, 3.63) is 0 Å². The van der Waals surface area contributed by atoms with Gasteiger partial charge >= 0.3 is 0 Å². The van der Waals surface area contributed by atoms with E-state index in [4.69, 9.17) is 5.73 Å². The monoisotopic (exact) mass is 199 g/mol. The number of rotatable bonds is 3. The van der Waals surface area contributed by atoms with E-state index in [0.717, 1.165) is 13.1 Å². The van der Waals surface area contributed by atoms with Gasteiger partial charge in [0.15, 0.2) is 0 Å². The van der Waals surface area contributed by atoms with E-state index in [9.17, 15) is 4.79 Å². The Morgan fingerprint density at radius 3 is 2.29 bits per heavy atom. The van der Waals surface area contributed by atoms with Crippen LogP contribution >= 0.6 is 0 Å². The van der Waals surface area contributed by atoms with Crippen molar-refractivity contribution >= 4 is 5.91 Å². The summed E-state index contributed by atoms with van der Waals surface area (Å²) in [5, 5.41) is 2.90. The van der Waals surface area contributed by atoms with Crippen molar-refractivity contribution in [1.29, 1.82) is 0 Å². The van der Waals surface area contributed by atoms with E-state index >= 15 is 0 Å². The summed E-state index contributed by atoms with van der Waals surface area (Å²) in [6.45, 7) is 9.48. The average molecular weight is 199 g/mol. The van der Waals surface area contributed by atoms with E-state index < -0.39 is 0 Å². The highest BCUT2D eigenvalue weighted by atomic mass is 16.2. The normalized spacial score (nSPS) is 23.0. The van der Waals surface area contributed by atoms with Crippen LogP contribution in [0.1, 0.15) is 27.7 Å². The maximum atomic E-state index is 11.6. The predicted octanol–water partition coefficient (Wildman–Crippen LogP) is -0.0675. The third-order valence-corrected chi connectivity index (χ3v) is 2.49. The molecule has 0 aromatic carbocycles. The van der Waals surface area contributed by atoms with Gasteiger partial charge in [-0.1, -0.05) is 0 Å².